The van der Waals surface area contributed by atoms with Crippen LogP contribution in [0.25, 0.3) is 0 Å². The van der Waals surface area contributed by atoms with Crippen LogP contribution in [-0.2, 0) is 6.54 Å². The van der Waals surface area contributed by atoms with Crippen molar-refractivity contribution in [2.45, 2.75) is 13.1 Å². The molecule has 0 aliphatic rings. The molecule has 1 heterocycles. The molecule has 112 valence electrons. The maximum atomic E-state index is 13.5. The van der Waals surface area contributed by atoms with E-state index in [4.69, 9.17) is 0 Å². The van der Waals surface area contributed by atoms with Crippen LogP contribution < -0.4 is 0 Å². The minimum absolute atomic E-state index is 0.0577. The summed E-state index contributed by atoms with van der Waals surface area (Å²) in [6.07, 6.45) is 2.24. The zero-order valence-electron chi connectivity index (χ0n) is 10.9. The number of halogens is 4. The fourth-order valence-corrected chi connectivity index (χ4v) is 1.80. The Hall–Kier alpha value is -2.38. The first kappa shape index (κ1) is 15.0. The van der Waals surface area contributed by atoms with E-state index in [1.54, 1.807) is 0 Å². The first-order valence-electron chi connectivity index (χ1n) is 5.90. The molecule has 0 N–H and O–H groups in total. The standard InChI is InChI=1S/C13H11F4N3O/c1-19(7-11-18-4-5-20(11)13(16)17)12(21)9-6-8(14)2-3-10(9)15/h2-6,13H,7H2,1H3. The van der Waals surface area contributed by atoms with E-state index in [1.165, 1.54) is 13.2 Å². The van der Waals surface area contributed by atoms with Crippen LogP contribution in [0.1, 0.15) is 22.7 Å². The highest BCUT2D eigenvalue weighted by Crippen LogP contribution is 2.16. The van der Waals surface area contributed by atoms with Crippen LogP contribution in [0, 0.1) is 11.6 Å². The summed E-state index contributed by atoms with van der Waals surface area (Å²) in [4.78, 5) is 16.7. The molecule has 2 aromatic rings. The summed E-state index contributed by atoms with van der Waals surface area (Å²) in [7, 11) is 1.29. The van der Waals surface area contributed by atoms with E-state index in [0.29, 0.717) is 4.57 Å². The van der Waals surface area contributed by atoms with Crippen molar-refractivity contribution in [2.75, 3.05) is 7.05 Å². The van der Waals surface area contributed by atoms with Crippen LogP contribution in [0.2, 0.25) is 0 Å². The maximum Gasteiger partial charge on any atom is 0.319 e. The Morgan fingerprint density at radius 3 is 2.76 bits per heavy atom. The number of carbonyl (C=O) groups excluding carboxylic acids is 1. The van der Waals surface area contributed by atoms with Crippen molar-refractivity contribution in [1.82, 2.24) is 14.5 Å². The monoisotopic (exact) mass is 301 g/mol. The molecular formula is C13H11F4N3O. The Morgan fingerprint density at radius 2 is 2.10 bits per heavy atom. The number of rotatable bonds is 4. The van der Waals surface area contributed by atoms with Gasteiger partial charge in [0.25, 0.3) is 5.91 Å². The van der Waals surface area contributed by atoms with Gasteiger partial charge in [-0.25, -0.2) is 13.8 Å². The Balaban J connectivity index is 2.20. The van der Waals surface area contributed by atoms with Crippen LogP contribution in [0.5, 0.6) is 0 Å². The maximum absolute atomic E-state index is 13.5. The van der Waals surface area contributed by atoms with Crippen molar-refractivity contribution < 1.29 is 22.4 Å². The SMILES string of the molecule is CN(Cc1nccn1C(F)F)C(=O)c1cc(F)ccc1F. The highest BCUT2D eigenvalue weighted by molar-refractivity contribution is 5.94. The second-order valence-corrected chi connectivity index (χ2v) is 4.31. The smallest absolute Gasteiger partial charge is 0.319 e. The van der Waals surface area contributed by atoms with Crippen molar-refractivity contribution in [2.24, 2.45) is 0 Å². The number of alkyl halides is 2. The minimum atomic E-state index is -2.79. The quantitative estimate of drug-likeness (QED) is 0.814. The number of aromatic nitrogens is 2. The van der Waals surface area contributed by atoms with Crippen molar-refractivity contribution >= 4 is 5.91 Å². The van der Waals surface area contributed by atoms with Crippen LogP contribution >= 0.6 is 0 Å². The van der Waals surface area contributed by atoms with Gasteiger partial charge in [-0.15, -0.1) is 0 Å². The minimum Gasteiger partial charge on any atom is -0.334 e. The summed E-state index contributed by atoms with van der Waals surface area (Å²) in [5.41, 5.74) is -0.465. The lowest BCUT2D eigenvalue weighted by Crippen LogP contribution is -2.28. The summed E-state index contributed by atoms with van der Waals surface area (Å²) >= 11 is 0. The second kappa shape index (κ2) is 5.94. The molecule has 0 spiro atoms. The average Bonchev–Trinajstić information content (AvgIpc) is 2.89. The van der Waals surface area contributed by atoms with Crippen LogP contribution in [0.3, 0.4) is 0 Å². The number of amides is 1. The molecule has 21 heavy (non-hydrogen) atoms. The van der Waals surface area contributed by atoms with Crippen molar-refractivity contribution in [3.05, 3.63) is 53.6 Å². The number of hydrogen-bond donors (Lipinski definition) is 0. The molecule has 0 aliphatic carbocycles. The van der Waals surface area contributed by atoms with Gasteiger partial charge in [0, 0.05) is 19.4 Å². The third-order valence-corrected chi connectivity index (χ3v) is 2.84. The molecule has 4 nitrogen and oxygen atoms in total. The van der Waals surface area contributed by atoms with Gasteiger partial charge >= 0.3 is 6.55 Å². The van der Waals surface area contributed by atoms with E-state index in [-0.39, 0.29) is 12.4 Å². The molecule has 0 radical (unpaired) electrons. The summed E-state index contributed by atoms with van der Waals surface area (Å²) in [6.45, 7) is -3.05. The molecule has 0 atom stereocenters. The van der Waals surface area contributed by atoms with Gasteiger partial charge in [-0.2, -0.15) is 8.78 Å². The fraction of sp³-hybridized carbons (Fsp3) is 0.231. The van der Waals surface area contributed by atoms with Crippen molar-refractivity contribution in [3.63, 3.8) is 0 Å². The van der Waals surface area contributed by atoms with E-state index >= 15 is 0 Å². The number of nitrogens with zero attached hydrogens (tertiary/aromatic N) is 3. The molecule has 0 unspecified atom stereocenters. The molecule has 2 rings (SSSR count). The average molecular weight is 301 g/mol. The largest absolute Gasteiger partial charge is 0.334 e. The molecular weight excluding hydrogens is 290 g/mol. The highest BCUT2D eigenvalue weighted by Gasteiger charge is 2.20. The van der Waals surface area contributed by atoms with Gasteiger partial charge < -0.3 is 4.90 Å². The zero-order chi connectivity index (χ0) is 15.6. The van der Waals surface area contributed by atoms with E-state index in [2.05, 4.69) is 4.98 Å². The molecule has 1 amide bonds. The molecule has 0 bridgehead atoms. The molecule has 1 aromatic carbocycles. The highest BCUT2D eigenvalue weighted by atomic mass is 19.3. The van der Waals surface area contributed by atoms with Crippen molar-refractivity contribution in [3.8, 4) is 0 Å². The van der Waals surface area contributed by atoms with Gasteiger partial charge in [0.2, 0.25) is 0 Å². The van der Waals surface area contributed by atoms with E-state index in [9.17, 15) is 22.4 Å². The van der Waals surface area contributed by atoms with Crippen LogP contribution in [0.4, 0.5) is 17.6 Å². The molecule has 0 saturated heterocycles. The molecule has 1 aromatic heterocycles. The number of imidazole rings is 1. The first-order chi connectivity index (χ1) is 9.90. The van der Waals surface area contributed by atoms with Crippen LogP contribution in [0.15, 0.2) is 30.6 Å². The summed E-state index contributed by atoms with van der Waals surface area (Å²) in [6, 6.07) is 2.47. The number of carbonyl (C=O) groups is 1. The zero-order valence-corrected chi connectivity index (χ0v) is 10.9. The third-order valence-electron chi connectivity index (χ3n) is 2.84. The third kappa shape index (κ3) is 3.21. The Morgan fingerprint density at radius 1 is 1.38 bits per heavy atom. The lowest BCUT2D eigenvalue weighted by atomic mass is 10.2. The normalized spacial score (nSPS) is 11.0. The first-order valence-corrected chi connectivity index (χ1v) is 5.90. The molecule has 8 heteroatoms. The van der Waals surface area contributed by atoms with E-state index in [0.717, 1.165) is 29.3 Å². The topological polar surface area (TPSA) is 38.1 Å². The summed E-state index contributed by atoms with van der Waals surface area (Å²) < 4.78 is 52.5. The van der Waals surface area contributed by atoms with E-state index in [1.807, 2.05) is 0 Å². The van der Waals surface area contributed by atoms with Gasteiger partial charge in [-0.1, -0.05) is 0 Å². The Bertz CT molecular complexity index is 657. The fourth-order valence-electron chi connectivity index (χ4n) is 1.80. The molecule has 0 aliphatic heterocycles. The second-order valence-electron chi connectivity index (χ2n) is 4.31. The number of hydrogen-bond acceptors (Lipinski definition) is 2. The lowest BCUT2D eigenvalue weighted by Gasteiger charge is -2.18. The Labute approximate surface area is 117 Å². The van der Waals surface area contributed by atoms with Crippen LogP contribution in [-0.4, -0.2) is 27.4 Å². The lowest BCUT2D eigenvalue weighted by molar-refractivity contribution is 0.0611. The predicted octanol–water partition coefficient (Wildman–Crippen LogP) is 2.83. The molecule has 0 saturated carbocycles. The summed E-state index contributed by atoms with van der Waals surface area (Å²) in [5, 5.41) is 0. The van der Waals surface area contributed by atoms with Gasteiger partial charge in [-0.3, -0.25) is 9.36 Å². The molecule has 0 fully saturated rings. The summed E-state index contributed by atoms with van der Waals surface area (Å²) in [5.74, 6) is -2.53. The Kier molecular flexibility index (Phi) is 4.25. The van der Waals surface area contributed by atoms with E-state index < -0.39 is 29.7 Å². The van der Waals surface area contributed by atoms with Gasteiger partial charge in [0.15, 0.2) is 0 Å². The van der Waals surface area contributed by atoms with Crippen molar-refractivity contribution in [1.29, 1.82) is 0 Å². The predicted molar refractivity (Wildman–Crippen MR) is 65.6 cm³/mol. The van der Waals surface area contributed by atoms with Gasteiger partial charge in [0.05, 0.1) is 12.1 Å². The number of benzene rings is 1. The van der Waals surface area contributed by atoms with Gasteiger partial charge in [-0.05, 0) is 18.2 Å². The van der Waals surface area contributed by atoms with Gasteiger partial charge in [0.1, 0.15) is 17.5 Å².